The first kappa shape index (κ1) is 14.8. The summed E-state index contributed by atoms with van der Waals surface area (Å²) < 4.78 is -3.45. The second kappa shape index (κ2) is 4.43. The minimum atomic E-state index is -1.83. The van der Waals surface area contributed by atoms with Crippen molar-refractivity contribution in [2.24, 2.45) is 5.10 Å². The lowest BCUT2D eigenvalue weighted by molar-refractivity contribution is 0.164. The van der Waals surface area contributed by atoms with Crippen LogP contribution >= 0.6 is 58.0 Å². The first-order chi connectivity index (χ1) is 6.98. The molecule has 1 N–H and O–H groups in total. The van der Waals surface area contributed by atoms with Gasteiger partial charge in [-0.25, -0.2) is 0 Å². The molecular weight excluding hydrogens is 315 g/mol. The Balaban J connectivity index is 2.98. The highest BCUT2D eigenvalue weighted by molar-refractivity contribution is 6.75. The topological polar surface area (TPSA) is 27.6 Å². The van der Waals surface area contributed by atoms with E-state index in [1.54, 1.807) is 11.2 Å². The van der Waals surface area contributed by atoms with Gasteiger partial charge in [0.1, 0.15) is 6.34 Å². The van der Waals surface area contributed by atoms with Crippen LogP contribution in [0.2, 0.25) is 0 Å². The molecular formula is C8H12Cl5N3. The van der Waals surface area contributed by atoms with Gasteiger partial charge in [-0.3, -0.25) is 5.43 Å². The molecule has 16 heavy (non-hydrogen) atoms. The summed E-state index contributed by atoms with van der Waals surface area (Å²) in [6, 6.07) is 0. The second-order valence-electron chi connectivity index (χ2n) is 4.48. The normalized spacial score (nSPS) is 22.5. The van der Waals surface area contributed by atoms with E-state index in [0.717, 1.165) is 0 Å². The van der Waals surface area contributed by atoms with Crippen molar-refractivity contribution in [2.45, 2.75) is 40.6 Å². The average Bonchev–Trinajstić information content (AvgIpc) is 2.47. The molecule has 3 nitrogen and oxygen atoms in total. The molecule has 94 valence electrons. The van der Waals surface area contributed by atoms with E-state index >= 15 is 0 Å². The zero-order chi connectivity index (χ0) is 12.8. The summed E-state index contributed by atoms with van der Waals surface area (Å²) >= 11 is 29.5. The van der Waals surface area contributed by atoms with Crippen molar-refractivity contribution in [3.05, 3.63) is 0 Å². The molecule has 0 aliphatic carbocycles. The number of rotatable bonds is 1. The van der Waals surface area contributed by atoms with E-state index in [4.69, 9.17) is 58.0 Å². The van der Waals surface area contributed by atoms with Gasteiger partial charge in [0.2, 0.25) is 8.13 Å². The summed E-state index contributed by atoms with van der Waals surface area (Å²) in [4.78, 5) is 1.80. The summed E-state index contributed by atoms with van der Waals surface area (Å²) in [7, 11) is 0. The molecule has 1 rings (SSSR count). The highest BCUT2D eigenvalue weighted by atomic mass is 35.6. The lowest BCUT2D eigenvalue weighted by atomic mass is 10.1. The molecule has 0 saturated heterocycles. The lowest BCUT2D eigenvalue weighted by Crippen LogP contribution is -2.60. The van der Waals surface area contributed by atoms with Crippen molar-refractivity contribution in [1.82, 2.24) is 10.3 Å². The molecule has 1 atom stereocenters. The Morgan fingerprint density at radius 3 is 2.00 bits per heavy atom. The monoisotopic (exact) mass is 325 g/mol. The van der Waals surface area contributed by atoms with Crippen LogP contribution < -0.4 is 5.43 Å². The summed E-state index contributed by atoms with van der Waals surface area (Å²) in [5, 5.41) is 3.90. The predicted octanol–water partition coefficient (Wildman–Crippen LogP) is 3.50. The van der Waals surface area contributed by atoms with E-state index in [9.17, 15) is 0 Å². The number of halogens is 5. The van der Waals surface area contributed by atoms with Crippen LogP contribution in [0.25, 0.3) is 0 Å². The number of hydrogen-bond acceptors (Lipinski definition) is 3. The smallest absolute Gasteiger partial charge is 0.227 e. The van der Waals surface area contributed by atoms with E-state index < -0.39 is 14.3 Å². The Bertz CT molecular complexity index is 291. The van der Waals surface area contributed by atoms with E-state index in [0.29, 0.717) is 0 Å². The van der Waals surface area contributed by atoms with Crippen LogP contribution in [-0.4, -0.2) is 31.1 Å². The molecule has 0 fully saturated rings. The molecule has 1 unspecified atom stereocenters. The quantitative estimate of drug-likeness (QED) is 0.747. The van der Waals surface area contributed by atoms with Crippen molar-refractivity contribution in [3.63, 3.8) is 0 Å². The van der Waals surface area contributed by atoms with Gasteiger partial charge in [0.05, 0.1) is 0 Å². The van der Waals surface area contributed by atoms with Crippen LogP contribution in [0.1, 0.15) is 20.8 Å². The number of hydrogen-bond donors (Lipinski definition) is 1. The molecule has 0 bridgehead atoms. The van der Waals surface area contributed by atoms with Gasteiger partial charge in [-0.2, -0.15) is 5.10 Å². The van der Waals surface area contributed by atoms with Crippen LogP contribution in [0, 0.1) is 0 Å². The van der Waals surface area contributed by atoms with Gasteiger partial charge in [-0.05, 0) is 20.8 Å². The first-order valence-electron chi connectivity index (χ1n) is 4.49. The molecule has 1 heterocycles. The lowest BCUT2D eigenvalue weighted by Gasteiger charge is -2.43. The number of nitrogens with one attached hydrogen (secondary N) is 1. The maximum atomic E-state index is 6.10. The third kappa shape index (κ3) is 2.75. The fraction of sp³-hybridized carbons (Fsp3) is 0.875. The summed E-state index contributed by atoms with van der Waals surface area (Å²) in [6.07, 6.45) is 0.976. The highest BCUT2D eigenvalue weighted by Gasteiger charge is 2.56. The highest BCUT2D eigenvalue weighted by Crippen LogP contribution is 2.49. The van der Waals surface area contributed by atoms with E-state index in [2.05, 4.69) is 10.5 Å². The maximum Gasteiger partial charge on any atom is 0.227 e. The van der Waals surface area contributed by atoms with Gasteiger partial charge in [0, 0.05) is 5.54 Å². The van der Waals surface area contributed by atoms with Gasteiger partial charge in [0.25, 0.3) is 0 Å². The van der Waals surface area contributed by atoms with Crippen molar-refractivity contribution >= 4 is 64.3 Å². The molecule has 0 aromatic carbocycles. The SMILES string of the molecule is CC(C)(C)N1C=NNC1C(Cl)(Cl)C(Cl)(Cl)Cl. The standard InChI is InChI=1S/C8H12Cl5N3/c1-6(2,3)16-4-14-15-5(16)7(9,10)8(11,12)13/h4-5,15H,1-3H3. The van der Waals surface area contributed by atoms with Crippen LogP contribution in [-0.2, 0) is 0 Å². The molecule has 0 amide bonds. The average molecular weight is 327 g/mol. The molecule has 1 aliphatic rings. The van der Waals surface area contributed by atoms with Crippen LogP contribution in [0.3, 0.4) is 0 Å². The van der Waals surface area contributed by atoms with Gasteiger partial charge < -0.3 is 4.90 Å². The minimum Gasteiger partial charge on any atom is -0.332 e. The van der Waals surface area contributed by atoms with Gasteiger partial charge >= 0.3 is 0 Å². The summed E-state index contributed by atoms with van der Waals surface area (Å²) in [5.74, 6) is 0. The number of nitrogens with zero attached hydrogens (tertiary/aromatic N) is 2. The molecule has 0 spiro atoms. The molecule has 1 aliphatic heterocycles. The molecule has 0 aromatic heterocycles. The zero-order valence-electron chi connectivity index (χ0n) is 8.94. The second-order valence-corrected chi connectivity index (χ2v) is 8.14. The van der Waals surface area contributed by atoms with Crippen molar-refractivity contribution in [2.75, 3.05) is 0 Å². The molecule has 0 saturated carbocycles. The number of hydrazone groups is 1. The Hall–Kier alpha value is 0.720. The Kier molecular flexibility index (Phi) is 4.09. The van der Waals surface area contributed by atoms with Crippen LogP contribution in [0.4, 0.5) is 0 Å². The van der Waals surface area contributed by atoms with Crippen molar-refractivity contribution in [3.8, 4) is 0 Å². The predicted molar refractivity (Wildman–Crippen MR) is 71.7 cm³/mol. The van der Waals surface area contributed by atoms with Crippen LogP contribution in [0.15, 0.2) is 5.10 Å². The number of alkyl halides is 5. The van der Waals surface area contributed by atoms with E-state index in [1.165, 1.54) is 0 Å². The Morgan fingerprint density at radius 2 is 1.62 bits per heavy atom. The maximum absolute atomic E-state index is 6.10. The minimum absolute atomic E-state index is 0.247. The van der Waals surface area contributed by atoms with Gasteiger partial charge in [-0.1, -0.05) is 58.0 Å². The Labute approximate surface area is 120 Å². The van der Waals surface area contributed by atoms with E-state index in [1.807, 2.05) is 20.8 Å². The third-order valence-electron chi connectivity index (χ3n) is 2.15. The summed E-state index contributed by atoms with van der Waals surface area (Å²) in [5.41, 5.74) is 2.49. The fourth-order valence-electron chi connectivity index (χ4n) is 1.27. The molecule has 0 aromatic rings. The fourth-order valence-corrected chi connectivity index (χ4v) is 1.88. The van der Waals surface area contributed by atoms with Crippen LogP contribution in [0.5, 0.6) is 0 Å². The zero-order valence-corrected chi connectivity index (χ0v) is 12.7. The third-order valence-corrected chi connectivity index (χ3v) is 4.61. The van der Waals surface area contributed by atoms with E-state index in [-0.39, 0.29) is 5.54 Å². The van der Waals surface area contributed by atoms with Crippen molar-refractivity contribution < 1.29 is 0 Å². The van der Waals surface area contributed by atoms with Gasteiger partial charge in [0.15, 0.2) is 6.17 Å². The largest absolute Gasteiger partial charge is 0.332 e. The summed E-state index contributed by atoms with van der Waals surface area (Å²) in [6.45, 7) is 5.92. The van der Waals surface area contributed by atoms with Crippen molar-refractivity contribution in [1.29, 1.82) is 0 Å². The Morgan fingerprint density at radius 1 is 1.12 bits per heavy atom. The molecule has 8 heteroatoms. The molecule has 0 radical (unpaired) electrons. The van der Waals surface area contributed by atoms with Gasteiger partial charge in [-0.15, -0.1) is 0 Å². The first-order valence-corrected chi connectivity index (χ1v) is 6.38.